The van der Waals surface area contributed by atoms with Gasteiger partial charge in [-0.15, -0.1) is 0 Å². The molecule has 146 valence electrons. The van der Waals surface area contributed by atoms with E-state index in [1.54, 1.807) is 14.2 Å². The van der Waals surface area contributed by atoms with Gasteiger partial charge in [0.05, 0.1) is 34.9 Å². The smallest absolute Gasteiger partial charge is 0.185 e. The topological polar surface area (TPSA) is 71.0 Å². The van der Waals surface area contributed by atoms with Gasteiger partial charge in [-0.05, 0) is 48.6 Å². The van der Waals surface area contributed by atoms with E-state index in [1.807, 2.05) is 18.2 Å². The van der Waals surface area contributed by atoms with Gasteiger partial charge >= 0.3 is 0 Å². The molecule has 0 fully saturated rings. The first-order valence-electron chi connectivity index (χ1n) is 8.54. The Morgan fingerprint density at radius 3 is 2.15 bits per heavy atom. The molecule has 0 aliphatic heterocycles. The fourth-order valence-electron chi connectivity index (χ4n) is 2.20. The molecule has 0 spiro atoms. The summed E-state index contributed by atoms with van der Waals surface area (Å²) in [6, 6.07) is 5.87. The number of rotatable bonds is 9. The minimum atomic E-state index is 0.493. The van der Waals surface area contributed by atoms with Crippen molar-refractivity contribution in [3.63, 3.8) is 0 Å². The van der Waals surface area contributed by atoms with Gasteiger partial charge in [-0.2, -0.15) is 0 Å². The first-order chi connectivity index (χ1) is 12.5. The van der Waals surface area contributed by atoms with Crippen LogP contribution in [0.2, 0.25) is 0 Å². The molecule has 0 bridgehead atoms. The lowest BCUT2D eigenvalue weighted by atomic mass is 10.1. The highest BCUT2D eigenvalue weighted by Crippen LogP contribution is 2.27. The molecule has 0 amide bonds. The van der Waals surface area contributed by atoms with Gasteiger partial charge in [0.1, 0.15) is 0 Å². The van der Waals surface area contributed by atoms with E-state index in [2.05, 4.69) is 35.6 Å². The molecule has 0 aliphatic rings. The van der Waals surface area contributed by atoms with E-state index in [0.717, 1.165) is 43.0 Å². The maximum Gasteiger partial charge on any atom is 0.185 e. The largest absolute Gasteiger partial charge is 0.493 e. The van der Waals surface area contributed by atoms with Crippen molar-refractivity contribution in [3.05, 3.63) is 23.8 Å². The van der Waals surface area contributed by atoms with E-state index >= 15 is 0 Å². The van der Waals surface area contributed by atoms with Gasteiger partial charge in [0.2, 0.25) is 0 Å². The van der Waals surface area contributed by atoms with Crippen molar-refractivity contribution in [2.24, 2.45) is 0 Å². The van der Waals surface area contributed by atoms with Crippen LogP contribution >= 0.6 is 24.4 Å². The van der Waals surface area contributed by atoms with Crippen LogP contribution in [0.5, 0.6) is 11.5 Å². The molecule has 0 saturated heterocycles. The van der Waals surface area contributed by atoms with Crippen molar-refractivity contribution < 1.29 is 14.4 Å². The first-order valence-corrected chi connectivity index (χ1v) is 9.35. The predicted octanol–water partition coefficient (Wildman–Crippen LogP) is -0.376. The van der Waals surface area contributed by atoms with Crippen molar-refractivity contribution in [3.8, 4) is 11.5 Å². The van der Waals surface area contributed by atoms with Crippen LogP contribution in [0.3, 0.4) is 0 Å². The molecule has 0 heterocycles. The molecular weight excluding hydrogens is 370 g/mol. The number of hydrogen-bond donors (Lipinski definition) is 5. The lowest BCUT2D eigenvalue weighted by molar-refractivity contribution is -0.858. The standard InChI is InChI=1S/C17H29N5O2S2/c1-22(2)11-5-9-18-16(25)20-21-17(26)19-10-8-13-6-7-14(23-3)15(12-13)24-4/h6-7,12H,5,8-11H2,1-4H3,(H2,18,20,25)(H2,19,21,26)/p+1. The molecule has 5 N–H and O–H groups in total. The lowest BCUT2D eigenvalue weighted by Gasteiger charge is -2.15. The quantitative estimate of drug-likeness (QED) is 0.218. The molecule has 1 rings (SSSR count). The van der Waals surface area contributed by atoms with Crippen LogP contribution < -0.4 is 35.9 Å². The molecule has 26 heavy (non-hydrogen) atoms. The zero-order chi connectivity index (χ0) is 19.4. The van der Waals surface area contributed by atoms with E-state index in [1.165, 1.54) is 4.90 Å². The molecule has 1 aromatic rings. The zero-order valence-corrected chi connectivity index (χ0v) is 17.5. The van der Waals surface area contributed by atoms with E-state index in [-0.39, 0.29) is 0 Å². The van der Waals surface area contributed by atoms with Crippen molar-refractivity contribution in [1.82, 2.24) is 21.5 Å². The number of benzene rings is 1. The lowest BCUT2D eigenvalue weighted by Crippen LogP contribution is -3.05. The maximum atomic E-state index is 5.31. The second kappa shape index (κ2) is 12.5. The molecule has 0 atom stereocenters. The fraction of sp³-hybridized carbons (Fsp3) is 0.529. The normalized spacial score (nSPS) is 10.2. The van der Waals surface area contributed by atoms with Gasteiger partial charge in [-0.1, -0.05) is 6.07 Å². The van der Waals surface area contributed by atoms with Crippen molar-refractivity contribution in [2.45, 2.75) is 12.8 Å². The Kier molecular flexibility index (Phi) is 10.7. The Balaban J connectivity index is 2.21. The first kappa shape index (κ1) is 22.2. The third-order valence-electron chi connectivity index (χ3n) is 3.58. The highest BCUT2D eigenvalue weighted by molar-refractivity contribution is 7.80. The predicted molar refractivity (Wildman–Crippen MR) is 113 cm³/mol. The summed E-state index contributed by atoms with van der Waals surface area (Å²) < 4.78 is 10.5. The van der Waals surface area contributed by atoms with Crippen molar-refractivity contribution in [1.29, 1.82) is 0 Å². The highest BCUT2D eigenvalue weighted by atomic mass is 32.1. The molecule has 7 nitrogen and oxygen atoms in total. The van der Waals surface area contributed by atoms with Gasteiger partial charge in [0.15, 0.2) is 21.7 Å². The number of quaternary nitrogens is 1. The minimum Gasteiger partial charge on any atom is -0.493 e. The fourth-order valence-corrected chi connectivity index (χ4v) is 2.51. The van der Waals surface area contributed by atoms with Crippen LogP contribution in [0, 0.1) is 0 Å². The Morgan fingerprint density at radius 2 is 1.58 bits per heavy atom. The van der Waals surface area contributed by atoms with Crippen LogP contribution in [0.25, 0.3) is 0 Å². The van der Waals surface area contributed by atoms with Crippen molar-refractivity contribution >= 4 is 34.7 Å². The number of thiocarbonyl (C=S) groups is 2. The third-order valence-corrected chi connectivity index (χ3v) is 4.07. The second-order valence-electron chi connectivity index (χ2n) is 6.01. The summed E-state index contributed by atoms with van der Waals surface area (Å²) in [7, 11) is 7.51. The monoisotopic (exact) mass is 400 g/mol. The highest BCUT2D eigenvalue weighted by Gasteiger charge is 2.05. The summed E-state index contributed by atoms with van der Waals surface area (Å²) >= 11 is 10.4. The third kappa shape index (κ3) is 9.02. The Labute approximate surface area is 166 Å². The minimum absolute atomic E-state index is 0.493. The summed E-state index contributed by atoms with van der Waals surface area (Å²) in [5.74, 6) is 1.44. The number of methoxy groups -OCH3 is 2. The van der Waals surface area contributed by atoms with Crippen molar-refractivity contribution in [2.75, 3.05) is 47.9 Å². The van der Waals surface area contributed by atoms with E-state index in [0.29, 0.717) is 16.8 Å². The Morgan fingerprint density at radius 1 is 0.962 bits per heavy atom. The molecule has 0 saturated carbocycles. The summed E-state index contributed by atoms with van der Waals surface area (Å²) in [6.07, 6.45) is 1.86. The summed E-state index contributed by atoms with van der Waals surface area (Å²) in [5.41, 5.74) is 6.88. The van der Waals surface area contributed by atoms with E-state index in [4.69, 9.17) is 33.9 Å². The molecule has 0 aliphatic carbocycles. The van der Waals surface area contributed by atoms with Gasteiger partial charge < -0.3 is 25.0 Å². The SMILES string of the molecule is COc1ccc(CCNC(=S)NNC(=S)NCCC[NH+](C)C)cc1OC. The van der Waals surface area contributed by atoms with Crippen LogP contribution in [-0.2, 0) is 6.42 Å². The van der Waals surface area contributed by atoms with Crippen LogP contribution in [-0.4, -0.2) is 58.2 Å². The van der Waals surface area contributed by atoms with Gasteiger partial charge in [0.25, 0.3) is 0 Å². The average molecular weight is 401 g/mol. The number of hydrazine groups is 1. The summed E-state index contributed by atoms with van der Waals surface area (Å²) in [5, 5.41) is 7.28. The van der Waals surface area contributed by atoms with Crippen LogP contribution in [0.4, 0.5) is 0 Å². The Hall–Kier alpha value is -1.84. The Bertz CT molecular complexity index is 584. The molecule has 9 heteroatoms. The van der Waals surface area contributed by atoms with E-state index in [9.17, 15) is 0 Å². The molecule has 0 unspecified atom stereocenters. The maximum absolute atomic E-state index is 5.31. The molecular formula is C17H30N5O2S2+. The summed E-state index contributed by atoms with van der Waals surface area (Å²) in [4.78, 5) is 1.42. The average Bonchev–Trinajstić information content (AvgIpc) is 2.63. The van der Waals surface area contributed by atoms with E-state index < -0.39 is 0 Å². The number of ether oxygens (including phenoxy) is 2. The van der Waals surface area contributed by atoms with Gasteiger partial charge in [-0.3, -0.25) is 10.9 Å². The molecule has 0 radical (unpaired) electrons. The molecule has 1 aromatic carbocycles. The van der Waals surface area contributed by atoms with Crippen LogP contribution in [0.15, 0.2) is 18.2 Å². The van der Waals surface area contributed by atoms with Gasteiger partial charge in [-0.25, -0.2) is 0 Å². The zero-order valence-electron chi connectivity index (χ0n) is 15.9. The second-order valence-corrected chi connectivity index (χ2v) is 6.83. The molecule has 0 aromatic heterocycles. The number of nitrogens with one attached hydrogen (secondary N) is 5. The number of hydrogen-bond acceptors (Lipinski definition) is 4. The summed E-state index contributed by atoms with van der Waals surface area (Å²) in [6.45, 7) is 2.62. The van der Waals surface area contributed by atoms with Gasteiger partial charge in [0, 0.05) is 19.5 Å². The van der Waals surface area contributed by atoms with Crippen LogP contribution in [0.1, 0.15) is 12.0 Å².